The van der Waals surface area contributed by atoms with E-state index < -0.39 is 97.5 Å². The molecule has 0 bridgehead atoms. The van der Waals surface area contributed by atoms with Gasteiger partial charge < -0.3 is 33.8 Å². The minimum absolute atomic E-state index is 0.109. The van der Waals surface area contributed by atoms with Gasteiger partial charge in [-0.3, -0.25) is 37.3 Å². The molecule has 17 nitrogen and oxygen atoms in total. The SMILES string of the molecule is CCCCCCCCCCCCCCCCCCCCCCCCC(=O)O[C@H](COC(=O)CCCCCCCCCCCCCCCC)COP(=O)(O)OC[C@@H](O)COP(=O)(O)OC[C@@H](COC(=O)CCCCCCCCCCC)OC(=O)CCCCCCCCCCCCCCCC. The van der Waals surface area contributed by atoms with Crippen LogP contribution in [0.3, 0.4) is 0 Å². The Hall–Kier alpha value is -1.94. The monoisotopic (exact) mass is 1450 g/mol. The van der Waals surface area contributed by atoms with Crippen LogP contribution in [0.25, 0.3) is 0 Å². The zero-order valence-electron chi connectivity index (χ0n) is 64.5. The van der Waals surface area contributed by atoms with Gasteiger partial charge in [0, 0.05) is 25.7 Å². The summed E-state index contributed by atoms with van der Waals surface area (Å²) in [7, 11) is -9.91. The van der Waals surface area contributed by atoms with Crippen molar-refractivity contribution in [1.29, 1.82) is 0 Å². The van der Waals surface area contributed by atoms with Gasteiger partial charge in [0.2, 0.25) is 0 Å². The van der Waals surface area contributed by atoms with Crippen molar-refractivity contribution in [3.63, 3.8) is 0 Å². The molecule has 0 saturated carbocycles. The van der Waals surface area contributed by atoms with Crippen molar-refractivity contribution in [3.05, 3.63) is 0 Å². The Morgan fingerprint density at radius 2 is 0.404 bits per heavy atom. The molecule has 588 valence electrons. The smallest absolute Gasteiger partial charge is 0.462 e. The molecule has 0 aliphatic rings. The topological polar surface area (TPSA) is 237 Å². The zero-order chi connectivity index (χ0) is 72.5. The lowest BCUT2D eigenvalue weighted by molar-refractivity contribution is -0.161. The van der Waals surface area contributed by atoms with Crippen LogP contribution in [-0.4, -0.2) is 96.7 Å². The standard InChI is InChI=1S/C80H156O17P2/c1-5-9-13-17-21-25-28-31-34-35-36-37-38-39-40-41-44-47-51-55-59-63-67-80(85)97-76(71-91-78(83)65-61-57-53-49-45-42-32-29-26-22-18-14-10-6-2)73-95-99(88,89)93-69-74(81)68-92-98(86,87)94-72-75(70-90-77(82)64-60-56-52-48-24-20-16-12-8-4)96-79(84)66-62-58-54-50-46-43-33-30-27-23-19-15-11-7-3/h74-76,81H,5-73H2,1-4H3,(H,86,87)(H,88,89)/t74-,75+,76+/m0/s1. The van der Waals surface area contributed by atoms with Gasteiger partial charge in [0.15, 0.2) is 12.2 Å². The Morgan fingerprint density at radius 3 is 0.596 bits per heavy atom. The van der Waals surface area contributed by atoms with Crippen LogP contribution in [0.2, 0.25) is 0 Å². The largest absolute Gasteiger partial charge is 0.472 e. The van der Waals surface area contributed by atoms with Crippen LogP contribution >= 0.6 is 15.6 Å². The number of aliphatic hydroxyl groups is 1. The van der Waals surface area contributed by atoms with Crippen molar-refractivity contribution < 1.29 is 80.2 Å². The van der Waals surface area contributed by atoms with Gasteiger partial charge in [-0.1, -0.05) is 381 Å². The summed E-state index contributed by atoms with van der Waals surface area (Å²) in [5.41, 5.74) is 0. The van der Waals surface area contributed by atoms with Gasteiger partial charge in [-0.05, 0) is 25.7 Å². The van der Waals surface area contributed by atoms with E-state index >= 15 is 0 Å². The average Bonchev–Trinajstić information content (AvgIpc) is 1.22. The third kappa shape index (κ3) is 74.1. The second-order valence-corrected chi connectivity index (χ2v) is 31.7. The Kier molecular flexibility index (Phi) is 72.9. The maximum Gasteiger partial charge on any atom is 0.472 e. The van der Waals surface area contributed by atoms with Gasteiger partial charge in [0.1, 0.15) is 19.3 Å². The van der Waals surface area contributed by atoms with E-state index in [0.29, 0.717) is 25.7 Å². The van der Waals surface area contributed by atoms with Crippen LogP contribution in [0, 0.1) is 0 Å². The number of unbranched alkanes of at least 4 members (excludes halogenated alkanes) is 55. The van der Waals surface area contributed by atoms with E-state index in [2.05, 4.69) is 27.7 Å². The lowest BCUT2D eigenvalue weighted by Crippen LogP contribution is -2.30. The third-order valence-electron chi connectivity index (χ3n) is 18.9. The molecular weight excluding hydrogens is 1290 g/mol. The van der Waals surface area contributed by atoms with Crippen molar-refractivity contribution in [2.45, 2.75) is 451 Å². The predicted octanol–water partition coefficient (Wildman–Crippen LogP) is 24.2. The number of aliphatic hydroxyl groups excluding tert-OH is 1. The number of phosphoric ester groups is 2. The van der Waals surface area contributed by atoms with Crippen molar-refractivity contribution in [2.75, 3.05) is 39.6 Å². The molecule has 0 aromatic carbocycles. The molecule has 0 aromatic rings. The van der Waals surface area contributed by atoms with E-state index in [0.717, 1.165) is 89.9 Å². The number of hydrogen-bond acceptors (Lipinski definition) is 15. The highest BCUT2D eigenvalue weighted by Gasteiger charge is 2.30. The van der Waals surface area contributed by atoms with Crippen molar-refractivity contribution in [3.8, 4) is 0 Å². The van der Waals surface area contributed by atoms with Crippen molar-refractivity contribution in [1.82, 2.24) is 0 Å². The van der Waals surface area contributed by atoms with Crippen LogP contribution in [0.1, 0.15) is 432 Å². The molecule has 0 fully saturated rings. The lowest BCUT2D eigenvalue weighted by atomic mass is 10.0. The molecule has 19 heteroatoms. The van der Waals surface area contributed by atoms with Gasteiger partial charge >= 0.3 is 39.5 Å². The predicted molar refractivity (Wildman–Crippen MR) is 405 cm³/mol. The summed E-state index contributed by atoms with van der Waals surface area (Å²) in [5, 5.41) is 10.6. The number of ether oxygens (including phenoxy) is 4. The molecule has 0 spiro atoms. The summed E-state index contributed by atoms with van der Waals surface area (Å²) < 4.78 is 68.6. The molecule has 0 aromatic heterocycles. The summed E-state index contributed by atoms with van der Waals surface area (Å²) in [5.74, 6) is -2.11. The fourth-order valence-corrected chi connectivity index (χ4v) is 14.0. The van der Waals surface area contributed by atoms with Gasteiger partial charge in [-0.2, -0.15) is 0 Å². The number of phosphoric acid groups is 2. The number of esters is 4. The maximum absolute atomic E-state index is 13.1. The van der Waals surface area contributed by atoms with Crippen molar-refractivity contribution >= 4 is 39.5 Å². The summed E-state index contributed by atoms with van der Waals surface area (Å²) in [6.07, 6.45) is 66.6. The first-order chi connectivity index (χ1) is 48.2. The number of carbonyl (C=O) groups excluding carboxylic acids is 4. The third-order valence-corrected chi connectivity index (χ3v) is 20.8. The highest BCUT2D eigenvalue weighted by atomic mass is 31.2. The molecule has 0 aliphatic carbocycles. The normalized spacial score (nSPS) is 13.8. The van der Waals surface area contributed by atoms with Crippen molar-refractivity contribution in [2.24, 2.45) is 0 Å². The number of rotatable bonds is 81. The Balaban J connectivity index is 5.18. The van der Waals surface area contributed by atoms with E-state index in [9.17, 15) is 43.2 Å². The highest BCUT2D eigenvalue weighted by Crippen LogP contribution is 2.45. The van der Waals surface area contributed by atoms with Gasteiger partial charge in [-0.15, -0.1) is 0 Å². The van der Waals surface area contributed by atoms with Gasteiger partial charge in [0.05, 0.1) is 26.4 Å². The molecule has 0 aliphatic heterocycles. The quantitative estimate of drug-likeness (QED) is 0.0222. The maximum atomic E-state index is 13.1. The fourth-order valence-electron chi connectivity index (χ4n) is 12.5. The van der Waals surface area contributed by atoms with Crippen LogP contribution < -0.4 is 0 Å². The molecule has 5 atom stereocenters. The second-order valence-electron chi connectivity index (χ2n) is 28.8. The summed E-state index contributed by atoms with van der Waals surface area (Å²) in [6, 6.07) is 0. The minimum atomic E-state index is -4.96. The average molecular weight is 1450 g/mol. The molecule has 0 radical (unpaired) electrons. The highest BCUT2D eigenvalue weighted by molar-refractivity contribution is 7.47. The number of carbonyl (C=O) groups is 4. The van der Waals surface area contributed by atoms with E-state index in [1.807, 2.05) is 0 Å². The molecule has 0 rings (SSSR count). The van der Waals surface area contributed by atoms with Crippen LogP contribution in [-0.2, 0) is 65.4 Å². The minimum Gasteiger partial charge on any atom is -0.462 e. The van der Waals surface area contributed by atoms with E-state index in [1.54, 1.807) is 0 Å². The van der Waals surface area contributed by atoms with Crippen LogP contribution in [0.15, 0.2) is 0 Å². The zero-order valence-corrected chi connectivity index (χ0v) is 66.3. The number of hydrogen-bond donors (Lipinski definition) is 3. The second kappa shape index (κ2) is 74.3. The van der Waals surface area contributed by atoms with Gasteiger partial charge in [0.25, 0.3) is 0 Å². The van der Waals surface area contributed by atoms with Gasteiger partial charge in [-0.25, -0.2) is 9.13 Å². The Labute approximate surface area is 607 Å². The molecule has 0 heterocycles. The van der Waals surface area contributed by atoms with E-state index in [4.69, 9.17) is 37.0 Å². The first kappa shape index (κ1) is 97.1. The fraction of sp³-hybridized carbons (Fsp3) is 0.950. The Morgan fingerprint density at radius 1 is 0.242 bits per heavy atom. The molecule has 99 heavy (non-hydrogen) atoms. The molecule has 0 saturated heterocycles. The first-order valence-corrected chi connectivity index (χ1v) is 44.8. The molecule has 0 amide bonds. The summed E-state index contributed by atoms with van der Waals surface area (Å²) >= 11 is 0. The lowest BCUT2D eigenvalue weighted by Gasteiger charge is -2.21. The molecule has 2 unspecified atom stereocenters. The summed E-state index contributed by atoms with van der Waals surface area (Å²) in [4.78, 5) is 72.9. The Bertz CT molecular complexity index is 1880. The summed E-state index contributed by atoms with van der Waals surface area (Å²) in [6.45, 7) is 5.00. The van der Waals surface area contributed by atoms with Crippen LogP contribution in [0.4, 0.5) is 0 Å². The van der Waals surface area contributed by atoms with E-state index in [-0.39, 0.29) is 25.7 Å². The van der Waals surface area contributed by atoms with Crippen LogP contribution in [0.5, 0.6) is 0 Å². The van der Waals surface area contributed by atoms with E-state index in [1.165, 1.54) is 263 Å². The first-order valence-electron chi connectivity index (χ1n) is 41.8. The molecule has 3 N–H and O–H groups in total. The molecular formula is C80H156O17P2.